The van der Waals surface area contributed by atoms with E-state index < -0.39 is 12.0 Å². The van der Waals surface area contributed by atoms with Crippen LogP contribution in [0.3, 0.4) is 0 Å². The highest BCUT2D eigenvalue weighted by atomic mass is 16.5. The van der Waals surface area contributed by atoms with Crippen molar-refractivity contribution in [2.24, 2.45) is 28.1 Å². The average molecular weight is 264 g/mol. The molecule has 6 heteroatoms. The Hall–Kier alpha value is -2.08. The normalized spacial score (nSPS) is 12.0. The van der Waals surface area contributed by atoms with Gasteiger partial charge in [-0.25, -0.2) is 4.99 Å². The first kappa shape index (κ1) is 15.0. The van der Waals surface area contributed by atoms with Crippen LogP contribution >= 0.6 is 0 Å². The number of hydrogen-bond acceptors (Lipinski definition) is 4. The minimum absolute atomic E-state index is 0.0176. The summed E-state index contributed by atoms with van der Waals surface area (Å²) in [5.74, 6) is -0.390. The molecule has 0 bridgehead atoms. The second-order valence-corrected chi connectivity index (χ2v) is 4.58. The van der Waals surface area contributed by atoms with Crippen molar-refractivity contribution in [2.75, 3.05) is 0 Å². The molecule has 1 atom stereocenters. The summed E-state index contributed by atoms with van der Waals surface area (Å²) in [7, 11) is 0. The van der Waals surface area contributed by atoms with Crippen molar-refractivity contribution >= 4 is 17.6 Å². The van der Waals surface area contributed by atoms with Gasteiger partial charge in [-0.15, -0.1) is 0 Å². The molecule has 0 aliphatic rings. The SMILES string of the molecule is CC(C)[C@@H](N)C(=O)OCc1cccc(N=C(N)N)c1. The highest BCUT2D eigenvalue weighted by Gasteiger charge is 2.18. The Balaban J connectivity index is 2.63. The Morgan fingerprint density at radius 3 is 2.63 bits per heavy atom. The van der Waals surface area contributed by atoms with Crippen molar-refractivity contribution in [3.8, 4) is 0 Å². The van der Waals surface area contributed by atoms with E-state index in [1.807, 2.05) is 19.9 Å². The van der Waals surface area contributed by atoms with Crippen molar-refractivity contribution in [2.45, 2.75) is 26.5 Å². The fraction of sp³-hybridized carbons (Fsp3) is 0.385. The molecule has 0 fully saturated rings. The van der Waals surface area contributed by atoms with Gasteiger partial charge >= 0.3 is 5.97 Å². The van der Waals surface area contributed by atoms with Crippen molar-refractivity contribution < 1.29 is 9.53 Å². The molecular weight excluding hydrogens is 244 g/mol. The second-order valence-electron chi connectivity index (χ2n) is 4.58. The molecule has 0 radical (unpaired) electrons. The van der Waals surface area contributed by atoms with Crippen molar-refractivity contribution in [3.63, 3.8) is 0 Å². The van der Waals surface area contributed by atoms with Gasteiger partial charge in [0.15, 0.2) is 5.96 Å². The van der Waals surface area contributed by atoms with Gasteiger partial charge in [-0.1, -0.05) is 26.0 Å². The number of ether oxygens (including phenoxy) is 1. The van der Waals surface area contributed by atoms with Crippen LogP contribution in [-0.4, -0.2) is 18.0 Å². The number of aliphatic imine (C=N–C) groups is 1. The molecule has 1 aromatic carbocycles. The lowest BCUT2D eigenvalue weighted by molar-refractivity contribution is -0.147. The van der Waals surface area contributed by atoms with Crippen LogP contribution in [0.15, 0.2) is 29.3 Å². The number of esters is 1. The van der Waals surface area contributed by atoms with Crippen molar-refractivity contribution in [3.05, 3.63) is 29.8 Å². The standard InChI is InChI=1S/C13H20N4O2/c1-8(2)11(14)12(18)19-7-9-4-3-5-10(6-9)17-13(15)16/h3-6,8,11H,7,14H2,1-2H3,(H4,15,16,17)/t11-/m1/s1. The first-order chi connectivity index (χ1) is 8.90. The highest BCUT2D eigenvalue weighted by molar-refractivity contribution is 5.79. The van der Waals surface area contributed by atoms with E-state index in [0.717, 1.165) is 5.56 Å². The Kier molecular flexibility index (Phi) is 5.32. The largest absolute Gasteiger partial charge is 0.460 e. The third-order valence-corrected chi connectivity index (χ3v) is 2.54. The van der Waals surface area contributed by atoms with Gasteiger partial charge in [0.1, 0.15) is 12.6 Å². The zero-order chi connectivity index (χ0) is 14.4. The summed E-state index contributed by atoms with van der Waals surface area (Å²) in [5, 5.41) is 0. The first-order valence-electron chi connectivity index (χ1n) is 6.01. The number of carbonyl (C=O) groups excluding carboxylic acids is 1. The van der Waals surface area contributed by atoms with E-state index in [-0.39, 0.29) is 18.5 Å². The predicted molar refractivity (Wildman–Crippen MR) is 74.5 cm³/mol. The van der Waals surface area contributed by atoms with Crippen LogP contribution in [0.5, 0.6) is 0 Å². The van der Waals surface area contributed by atoms with Crippen molar-refractivity contribution in [1.29, 1.82) is 0 Å². The number of guanidine groups is 1. The predicted octanol–water partition coefficient (Wildman–Crippen LogP) is 0.618. The Morgan fingerprint density at radius 2 is 2.05 bits per heavy atom. The molecule has 1 rings (SSSR count). The number of hydrogen-bond donors (Lipinski definition) is 3. The number of nitrogens with two attached hydrogens (primary N) is 3. The summed E-state index contributed by atoms with van der Waals surface area (Å²) in [6.45, 7) is 3.88. The van der Waals surface area contributed by atoms with E-state index >= 15 is 0 Å². The maximum absolute atomic E-state index is 11.6. The number of rotatable bonds is 5. The first-order valence-corrected chi connectivity index (χ1v) is 6.01. The lowest BCUT2D eigenvalue weighted by atomic mass is 10.1. The third kappa shape index (κ3) is 4.97. The fourth-order valence-electron chi connectivity index (χ4n) is 1.39. The summed E-state index contributed by atoms with van der Waals surface area (Å²) in [6.07, 6.45) is 0. The topological polar surface area (TPSA) is 117 Å². The summed E-state index contributed by atoms with van der Waals surface area (Å²) >= 11 is 0. The smallest absolute Gasteiger partial charge is 0.323 e. The summed E-state index contributed by atoms with van der Waals surface area (Å²) in [5.41, 5.74) is 17.7. The number of nitrogens with zero attached hydrogens (tertiary/aromatic N) is 1. The van der Waals surface area contributed by atoms with Crippen LogP contribution in [0.2, 0.25) is 0 Å². The monoisotopic (exact) mass is 264 g/mol. The Morgan fingerprint density at radius 1 is 1.37 bits per heavy atom. The molecule has 0 aromatic heterocycles. The average Bonchev–Trinajstić information content (AvgIpc) is 2.34. The summed E-state index contributed by atoms with van der Waals surface area (Å²) < 4.78 is 5.14. The van der Waals surface area contributed by atoms with E-state index in [9.17, 15) is 4.79 Å². The summed E-state index contributed by atoms with van der Waals surface area (Å²) in [4.78, 5) is 15.5. The van der Waals surface area contributed by atoms with Crippen LogP contribution in [0.1, 0.15) is 19.4 Å². The molecule has 104 valence electrons. The minimum atomic E-state index is -0.610. The quantitative estimate of drug-likeness (QED) is 0.409. The van der Waals surface area contributed by atoms with Crippen LogP contribution in [-0.2, 0) is 16.1 Å². The summed E-state index contributed by atoms with van der Waals surface area (Å²) in [6, 6.07) is 6.49. The van der Waals surface area contributed by atoms with Crippen LogP contribution < -0.4 is 17.2 Å². The van der Waals surface area contributed by atoms with Gasteiger partial charge in [0.2, 0.25) is 0 Å². The van der Waals surface area contributed by atoms with E-state index in [0.29, 0.717) is 5.69 Å². The van der Waals surface area contributed by atoms with Gasteiger partial charge in [-0.3, -0.25) is 4.79 Å². The minimum Gasteiger partial charge on any atom is -0.460 e. The zero-order valence-corrected chi connectivity index (χ0v) is 11.2. The van der Waals surface area contributed by atoms with Gasteiger partial charge < -0.3 is 21.9 Å². The third-order valence-electron chi connectivity index (χ3n) is 2.54. The maximum atomic E-state index is 11.6. The molecule has 0 spiro atoms. The van der Waals surface area contributed by atoms with Gasteiger partial charge in [-0.2, -0.15) is 0 Å². The molecule has 6 N–H and O–H groups in total. The number of carbonyl (C=O) groups is 1. The van der Waals surface area contributed by atoms with Crippen molar-refractivity contribution in [1.82, 2.24) is 0 Å². The van der Waals surface area contributed by atoms with E-state index in [1.54, 1.807) is 18.2 Å². The van der Waals surface area contributed by atoms with E-state index in [4.69, 9.17) is 21.9 Å². The number of benzene rings is 1. The van der Waals surface area contributed by atoms with Gasteiger partial charge in [0.05, 0.1) is 5.69 Å². The van der Waals surface area contributed by atoms with Gasteiger partial charge in [0.25, 0.3) is 0 Å². The van der Waals surface area contributed by atoms with Crippen LogP contribution in [0.25, 0.3) is 0 Å². The molecule has 6 nitrogen and oxygen atoms in total. The molecule has 1 aromatic rings. The molecule has 0 saturated heterocycles. The Labute approximate surface area is 112 Å². The molecule has 19 heavy (non-hydrogen) atoms. The molecule has 0 unspecified atom stereocenters. The Bertz CT molecular complexity index is 467. The molecule has 0 aliphatic carbocycles. The lowest BCUT2D eigenvalue weighted by Gasteiger charge is -2.14. The molecule has 0 saturated carbocycles. The fourth-order valence-corrected chi connectivity index (χ4v) is 1.39. The van der Waals surface area contributed by atoms with E-state index in [1.165, 1.54) is 0 Å². The molecule has 0 amide bonds. The molecular formula is C13H20N4O2. The zero-order valence-electron chi connectivity index (χ0n) is 11.2. The van der Waals surface area contributed by atoms with E-state index in [2.05, 4.69) is 4.99 Å². The highest BCUT2D eigenvalue weighted by Crippen LogP contribution is 2.15. The van der Waals surface area contributed by atoms with Gasteiger partial charge in [0, 0.05) is 0 Å². The molecule has 0 heterocycles. The van der Waals surface area contributed by atoms with Crippen LogP contribution in [0, 0.1) is 5.92 Å². The van der Waals surface area contributed by atoms with Crippen LogP contribution in [0.4, 0.5) is 5.69 Å². The second kappa shape index (κ2) is 6.75. The maximum Gasteiger partial charge on any atom is 0.323 e. The molecule has 0 aliphatic heterocycles. The van der Waals surface area contributed by atoms with Gasteiger partial charge in [-0.05, 0) is 23.6 Å². The lowest BCUT2D eigenvalue weighted by Crippen LogP contribution is -2.36.